The summed E-state index contributed by atoms with van der Waals surface area (Å²) in [4.78, 5) is 20.6. The van der Waals surface area contributed by atoms with Crippen LogP contribution < -0.4 is 9.47 Å². The van der Waals surface area contributed by atoms with Gasteiger partial charge in [-0.3, -0.25) is 4.79 Å². The van der Waals surface area contributed by atoms with Crippen LogP contribution in [-0.4, -0.2) is 34.3 Å². The molecule has 4 aromatic rings. The van der Waals surface area contributed by atoms with Crippen LogP contribution in [-0.2, 0) is 4.79 Å². The fourth-order valence-corrected chi connectivity index (χ4v) is 4.14. The molecule has 0 aliphatic rings. The molecule has 2 aromatic heterocycles. The Kier molecular flexibility index (Phi) is 9.88. The smallest absolute Gasteiger partial charge is 0.337 e. The molecule has 170 valence electrons. The number of carbonyl (C=O) groups is 2. The number of carboxylic acids is 1. The van der Waals surface area contributed by atoms with Gasteiger partial charge in [0.05, 0.1) is 19.8 Å². The largest absolute Gasteiger partial charge is 0.497 e. The lowest BCUT2D eigenvalue weighted by molar-refractivity contribution is -0.110. The van der Waals surface area contributed by atoms with E-state index in [4.69, 9.17) is 61.0 Å². The number of methoxy groups -OCH3 is 2. The lowest BCUT2D eigenvalue weighted by Crippen LogP contribution is -2.10. The molecular weight excluding hydrogens is 538 g/mol. The average molecular weight is 554 g/mol. The maximum absolute atomic E-state index is 10.8. The molecule has 0 bridgehead atoms. The van der Waals surface area contributed by atoms with Crippen molar-refractivity contribution in [1.82, 2.24) is 0 Å². The first-order chi connectivity index (χ1) is 15.1. The summed E-state index contributed by atoms with van der Waals surface area (Å²) in [6, 6.07) is 13.6. The number of halogens is 4. The zero-order valence-electron chi connectivity index (χ0n) is 16.6. The maximum Gasteiger partial charge on any atom is 0.337 e. The molecule has 5 nitrogen and oxygen atoms in total. The van der Waals surface area contributed by atoms with E-state index in [1.807, 2.05) is 12.1 Å². The van der Waals surface area contributed by atoms with Crippen LogP contribution in [0, 0.1) is 0 Å². The van der Waals surface area contributed by atoms with Crippen molar-refractivity contribution in [2.24, 2.45) is 0 Å². The number of aromatic carboxylic acids is 1. The van der Waals surface area contributed by atoms with Gasteiger partial charge in [0.15, 0.2) is 0 Å². The molecule has 0 unspecified atom stereocenters. The molecule has 2 heterocycles. The molecule has 0 aliphatic carbocycles. The van der Waals surface area contributed by atoms with E-state index in [1.54, 1.807) is 43.1 Å². The van der Waals surface area contributed by atoms with Gasteiger partial charge in [0.25, 0.3) is 9.03 Å². The summed E-state index contributed by atoms with van der Waals surface area (Å²) in [6.45, 7) is 0. The third-order valence-corrected chi connectivity index (χ3v) is 6.81. The van der Waals surface area contributed by atoms with Gasteiger partial charge < -0.3 is 14.6 Å². The zero-order valence-corrected chi connectivity index (χ0v) is 21.3. The molecule has 0 spiro atoms. The second-order valence-electron chi connectivity index (χ2n) is 5.91. The number of carbonyl (C=O) groups excluding carboxylic acids is 1. The van der Waals surface area contributed by atoms with Gasteiger partial charge in [-0.05, 0) is 64.8 Å². The molecule has 0 fully saturated rings. The predicted molar refractivity (Wildman–Crippen MR) is 135 cm³/mol. The number of carboxylic acid groups (broad SMARTS) is 1. The van der Waals surface area contributed by atoms with Crippen LogP contribution in [0.4, 0.5) is 0 Å². The summed E-state index contributed by atoms with van der Waals surface area (Å²) in [7, 11) is 3.28. The molecular formula is C21H16Cl4O5S2. The zero-order chi connectivity index (χ0) is 23.9. The lowest BCUT2D eigenvalue weighted by atomic mass is 10.2. The first-order valence-corrected chi connectivity index (χ1v) is 11.9. The topological polar surface area (TPSA) is 72.8 Å². The van der Waals surface area contributed by atoms with Gasteiger partial charge >= 0.3 is 5.97 Å². The Bertz CT molecular complexity index is 1210. The molecule has 0 saturated carbocycles. The summed E-state index contributed by atoms with van der Waals surface area (Å²) in [5.74, 6) is 0.789. The molecule has 0 saturated heterocycles. The quantitative estimate of drug-likeness (QED) is 0.208. The van der Waals surface area contributed by atoms with Crippen molar-refractivity contribution in [3.63, 3.8) is 0 Å². The van der Waals surface area contributed by atoms with Crippen LogP contribution in [0.25, 0.3) is 20.2 Å². The van der Waals surface area contributed by atoms with Crippen molar-refractivity contribution in [2.45, 2.75) is 3.79 Å². The highest BCUT2D eigenvalue weighted by Gasteiger charge is 2.28. The van der Waals surface area contributed by atoms with E-state index in [2.05, 4.69) is 23.6 Å². The minimum atomic E-state index is -1.96. The number of hydrogen-bond donors (Lipinski definition) is 1. The highest BCUT2D eigenvalue weighted by molar-refractivity contribution is 7.17. The van der Waals surface area contributed by atoms with Crippen LogP contribution in [0.3, 0.4) is 0 Å². The summed E-state index contributed by atoms with van der Waals surface area (Å²) in [6.07, 6.45) is 0. The van der Waals surface area contributed by atoms with E-state index in [9.17, 15) is 9.59 Å². The molecule has 0 atom stereocenters. The Morgan fingerprint density at radius 2 is 1.47 bits per heavy atom. The second-order valence-corrected chi connectivity index (χ2v) is 10.4. The van der Waals surface area contributed by atoms with E-state index in [0.29, 0.717) is 5.56 Å². The van der Waals surface area contributed by atoms with E-state index in [0.717, 1.165) is 21.6 Å². The maximum atomic E-state index is 10.8. The van der Waals surface area contributed by atoms with Crippen molar-refractivity contribution in [1.29, 1.82) is 0 Å². The molecule has 1 N–H and O–H groups in total. The SMILES string of the molecule is COc1ccc2c(C(=O)O)csc2c1.COc1ccc2ccsc2c1.O=C(Cl)C(Cl)(Cl)Cl. The number of rotatable bonds is 3. The first kappa shape index (κ1) is 26.5. The van der Waals surface area contributed by atoms with Crippen molar-refractivity contribution in [2.75, 3.05) is 14.2 Å². The average Bonchev–Trinajstić information content (AvgIpc) is 3.39. The van der Waals surface area contributed by atoms with Crippen LogP contribution in [0.15, 0.2) is 53.2 Å². The summed E-state index contributed by atoms with van der Waals surface area (Å²) in [5, 5.41) is 13.7. The number of benzene rings is 2. The van der Waals surface area contributed by atoms with E-state index >= 15 is 0 Å². The van der Waals surface area contributed by atoms with E-state index < -0.39 is 15.0 Å². The number of alkyl halides is 3. The summed E-state index contributed by atoms with van der Waals surface area (Å²) in [5.41, 5.74) is 0.354. The fourth-order valence-electron chi connectivity index (χ4n) is 2.36. The van der Waals surface area contributed by atoms with E-state index in [1.165, 1.54) is 21.4 Å². The summed E-state index contributed by atoms with van der Waals surface area (Å²) >= 11 is 22.6. The number of thiophene rings is 2. The van der Waals surface area contributed by atoms with E-state index in [-0.39, 0.29) is 0 Å². The number of fused-ring (bicyclic) bond motifs is 2. The van der Waals surface area contributed by atoms with Gasteiger partial charge in [0.1, 0.15) is 11.5 Å². The fraction of sp³-hybridized carbons (Fsp3) is 0.143. The van der Waals surface area contributed by atoms with Crippen molar-refractivity contribution >= 4 is 100 Å². The van der Waals surface area contributed by atoms with Gasteiger partial charge in [0.2, 0.25) is 0 Å². The number of ether oxygens (including phenoxy) is 2. The Morgan fingerprint density at radius 3 is 2.00 bits per heavy atom. The van der Waals surface area contributed by atoms with Crippen LogP contribution in [0.5, 0.6) is 11.5 Å². The van der Waals surface area contributed by atoms with Gasteiger partial charge in [0, 0.05) is 20.2 Å². The minimum Gasteiger partial charge on any atom is -0.497 e. The molecule has 2 aromatic carbocycles. The second kappa shape index (κ2) is 11.9. The highest BCUT2D eigenvalue weighted by Crippen LogP contribution is 2.30. The van der Waals surface area contributed by atoms with Crippen LogP contribution in [0.1, 0.15) is 10.4 Å². The van der Waals surface area contributed by atoms with Crippen molar-refractivity contribution in [3.05, 3.63) is 58.8 Å². The predicted octanol–water partition coefficient (Wildman–Crippen LogP) is 7.64. The third kappa shape index (κ3) is 7.40. The van der Waals surface area contributed by atoms with Gasteiger partial charge in [-0.2, -0.15) is 0 Å². The monoisotopic (exact) mass is 552 g/mol. The Morgan fingerprint density at radius 1 is 0.906 bits per heavy atom. The molecule has 0 aliphatic heterocycles. The van der Waals surface area contributed by atoms with Gasteiger partial charge in [-0.25, -0.2) is 4.79 Å². The third-order valence-electron chi connectivity index (χ3n) is 3.90. The molecule has 11 heteroatoms. The van der Waals surface area contributed by atoms with Crippen LogP contribution >= 0.6 is 69.1 Å². The Balaban J connectivity index is 0.000000181. The van der Waals surface area contributed by atoms with Crippen LogP contribution in [0.2, 0.25) is 0 Å². The molecule has 0 amide bonds. The standard InChI is InChI=1S/C10H8O3S.C9H8OS.C2Cl4O/c1-13-6-2-3-7-8(10(11)12)5-14-9(7)4-6;1-10-8-3-2-7-4-5-11-9(7)6-8;3-1(7)2(4,5)6/h2-5H,1H3,(H,11,12);2-6H,1H3;. The molecule has 32 heavy (non-hydrogen) atoms. The van der Waals surface area contributed by atoms with Crippen molar-refractivity contribution < 1.29 is 24.2 Å². The lowest BCUT2D eigenvalue weighted by Gasteiger charge is -1.99. The Hall–Kier alpha value is -1.74. The summed E-state index contributed by atoms with van der Waals surface area (Å²) < 4.78 is 10.4. The first-order valence-electron chi connectivity index (χ1n) is 8.63. The van der Waals surface area contributed by atoms with Gasteiger partial charge in [-0.15, -0.1) is 22.7 Å². The minimum absolute atomic E-state index is 0.354. The normalized spacial score (nSPS) is 10.6. The molecule has 4 rings (SSSR count). The van der Waals surface area contributed by atoms with Crippen molar-refractivity contribution in [3.8, 4) is 11.5 Å². The van der Waals surface area contributed by atoms with Gasteiger partial charge in [-0.1, -0.05) is 34.8 Å². The highest BCUT2D eigenvalue weighted by atomic mass is 35.6. The Labute approximate surface area is 212 Å². The number of hydrogen-bond acceptors (Lipinski definition) is 6. The molecule has 0 radical (unpaired) electrons.